The molecule has 8 heteroatoms. The fraction of sp³-hybridized carbons (Fsp3) is 0.385. The minimum Gasteiger partial charge on any atom is -0.467 e. The van der Waals surface area contributed by atoms with Gasteiger partial charge in [0, 0.05) is 16.5 Å². The molecule has 0 unspecified atom stereocenters. The van der Waals surface area contributed by atoms with E-state index in [4.69, 9.17) is 4.74 Å². The number of nitroso groups, excluding NO2 is 1. The number of nitrogens with one attached hydrogen (secondary N) is 1. The smallest absolute Gasteiger partial charge is 0.329 e. The second-order valence-corrected chi connectivity index (χ2v) is 7.27. The van der Waals surface area contributed by atoms with Gasteiger partial charge in [-0.05, 0) is 26.0 Å². The van der Waals surface area contributed by atoms with Gasteiger partial charge in [-0.15, -0.1) is 4.91 Å². The summed E-state index contributed by atoms with van der Waals surface area (Å²) in [5.74, 6) is -0.463. The number of methoxy groups -OCH3 is 1. The van der Waals surface area contributed by atoms with Gasteiger partial charge in [-0.25, -0.2) is 9.78 Å². The quantitative estimate of drug-likeness (QED) is 0.498. The average Bonchev–Trinajstić information content (AvgIpc) is 2.86. The first-order valence-electron chi connectivity index (χ1n) is 6.18. The van der Waals surface area contributed by atoms with E-state index in [1.807, 2.05) is 24.3 Å². The first-order valence-corrected chi connectivity index (χ1v) is 7.77. The molecule has 1 N–H and O–H groups in total. The van der Waals surface area contributed by atoms with Gasteiger partial charge in [0.05, 0.1) is 22.1 Å². The summed E-state index contributed by atoms with van der Waals surface area (Å²) in [6.45, 7) is 3.50. The maximum absolute atomic E-state index is 12.0. The van der Waals surface area contributed by atoms with Crippen molar-refractivity contribution >= 4 is 44.6 Å². The summed E-state index contributed by atoms with van der Waals surface area (Å²) in [4.78, 5) is 27.0. The number of fused-ring (bicyclic) bond motifs is 1. The number of benzene rings is 1. The third kappa shape index (κ3) is 3.51. The van der Waals surface area contributed by atoms with Crippen molar-refractivity contribution in [1.29, 1.82) is 0 Å². The summed E-state index contributed by atoms with van der Waals surface area (Å²) in [5.41, 5.74) is 0.854. The van der Waals surface area contributed by atoms with Crippen LogP contribution in [-0.2, 0) is 9.53 Å². The van der Waals surface area contributed by atoms with Gasteiger partial charge in [0.1, 0.15) is 6.04 Å². The first kappa shape index (κ1) is 15.7. The first-order chi connectivity index (χ1) is 9.97. The van der Waals surface area contributed by atoms with Gasteiger partial charge >= 0.3 is 5.97 Å². The zero-order valence-corrected chi connectivity index (χ0v) is 13.5. The highest BCUT2D eigenvalue weighted by Crippen LogP contribution is 2.33. The molecular formula is C13H15N3O3S2. The summed E-state index contributed by atoms with van der Waals surface area (Å²) in [5, 5.41) is 3.66. The number of carbonyl (C=O) groups is 1. The lowest BCUT2D eigenvalue weighted by Gasteiger charge is -2.28. The van der Waals surface area contributed by atoms with E-state index in [2.05, 4.69) is 14.9 Å². The minimum absolute atomic E-state index is 0.463. The molecule has 0 amide bonds. The number of para-hydroxylation sites is 1. The topological polar surface area (TPSA) is 80.7 Å². The van der Waals surface area contributed by atoms with Crippen LogP contribution < -0.4 is 5.32 Å². The molecule has 1 atom stereocenters. The van der Waals surface area contributed by atoms with Gasteiger partial charge in [0.25, 0.3) is 0 Å². The van der Waals surface area contributed by atoms with Crippen LogP contribution in [0.25, 0.3) is 10.2 Å². The van der Waals surface area contributed by atoms with Crippen molar-refractivity contribution in [2.45, 2.75) is 24.6 Å². The van der Waals surface area contributed by atoms with E-state index < -0.39 is 16.8 Å². The second kappa shape index (κ2) is 6.40. The highest BCUT2D eigenvalue weighted by molar-refractivity contribution is 7.99. The molecule has 1 heterocycles. The van der Waals surface area contributed by atoms with Crippen molar-refractivity contribution in [3.63, 3.8) is 0 Å². The summed E-state index contributed by atoms with van der Waals surface area (Å²) >= 11 is 2.23. The molecule has 6 nitrogen and oxygen atoms in total. The lowest BCUT2D eigenvalue weighted by molar-refractivity contribution is -0.142. The summed E-state index contributed by atoms with van der Waals surface area (Å²) in [6, 6.07) is 6.96. The van der Waals surface area contributed by atoms with Crippen molar-refractivity contribution in [2.24, 2.45) is 4.58 Å². The number of ether oxygens (including phenoxy) is 1. The van der Waals surface area contributed by atoms with Gasteiger partial charge in [-0.1, -0.05) is 23.5 Å². The third-order valence-electron chi connectivity index (χ3n) is 2.97. The van der Waals surface area contributed by atoms with Gasteiger partial charge in [-0.2, -0.15) is 0 Å². The third-order valence-corrected chi connectivity index (χ3v) is 4.71. The normalized spacial score (nSPS) is 12.9. The maximum Gasteiger partial charge on any atom is 0.329 e. The van der Waals surface area contributed by atoms with E-state index in [0.29, 0.717) is 5.13 Å². The Labute approximate surface area is 130 Å². The van der Waals surface area contributed by atoms with Gasteiger partial charge in [0.2, 0.25) is 0 Å². The lowest BCUT2D eigenvalue weighted by atomic mass is 10.0. The Morgan fingerprint density at radius 2 is 2.19 bits per heavy atom. The highest BCUT2D eigenvalue weighted by Gasteiger charge is 2.38. The van der Waals surface area contributed by atoms with Crippen molar-refractivity contribution < 1.29 is 9.53 Å². The number of esters is 1. The van der Waals surface area contributed by atoms with Crippen molar-refractivity contribution in [3.8, 4) is 0 Å². The fourth-order valence-corrected chi connectivity index (χ4v) is 3.19. The van der Waals surface area contributed by atoms with Gasteiger partial charge < -0.3 is 10.1 Å². The molecule has 0 aliphatic rings. The van der Waals surface area contributed by atoms with Crippen LogP contribution in [0, 0.1) is 4.91 Å². The zero-order valence-electron chi connectivity index (χ0n) is 11.8. The molecular weight excluding hydrogens is 310 g/mol. The highest BCUT2D eigenvalue weighted by atomic mass is 32.2. The number of hydrogen-bond donors (Lipinski definition) is 1. The van der Waals surface area contributed by atoms with E-state index in [1.54, 1.807) is 13.8 Å². The lowest BCUT2D eigenvalue weighted by Crippen LogP contribution is -2.46. The summed E-state index contributed by atoms with van der Waals surface area (Å²) < 4.78 is 7.90. The molecule has 0 saturated heterocycles. The predicted octanol–water partition coefficient (Wildman–Crippen LogP) is 3.44. The van der Waals surface area contributed by atoms with Crippen LogP contribution >= 0.6 is 23.3 Å². The molecule has 2 rings (SSSR count). The zero-order chi connectivity index (χ0) is 15.5. The van der Waals surface area contributed by atoms with E-state index in [1.165, 1.54) is 18.4 Å². The Morgan fingerprint density at radius 1 is 1.48 bits per heavy atom. The predicted molar refractivity (Wildman–Crippen MR) is 86.5 cm³/mol. The number of anilines is 1. The van der Waals surface area contributed by atoms with Crippen molar-refractivity contribution in [2.75, 3.05) is 12.4 Å². The van der Waals surface area contributed by atoms with E-state index in [9.17, 15) is 9.70 Å². The number of nitrogens with zero attached hydrogens (tertiary/aromatic N) is 2. The van der Waals surface area contributed by atoms with Crippen LogP contribution in [0.2, 0.25) is 0 Å². The molecule has 0 bridgehead atoms. The summed E-state index contributed by atoms with van der Waals surface area (Å²) in [6.07, 6.45) is 0. The molecule has 112 valence electrons. The Morgan fingerprint density at radius 3 is 2.81 bits per heavy atom. The average molecular weight is 325 g/mol. The van der Waals surface area contributed by atoms with Crippen molar-refractivity contribution in [3.05, 3.63) is 29.2 Å². The summed E-state index contributed by atoms with van der Waals surface area (Å²) in [7, 11) is 1.31. The van der Waals surface area contributed by atoms with Crippen LogP contribution in [0.15, 0.2) is 28.8 Å². The van der Waals surface area contributed by atoms with E-state index >= 15 is 0 Å². The Kier molecular flexibility index (Phi) is 4.79. The molecule has 0 saturated carbocycles. The Bertz CT molecular complexity index is 624. The van der Waals surface area contributed by atoms with Crippen LogP contribution in [0.5, 0.6) is 0 Å². The Balaban J connectivity index is 2.29. The van der Waals surface area contributed by atoms with Crippen LogP contribution in [-0.4, -0.2) is 28.9 Å². The monoisotopic (exact) mass is 325 g/mol. The van der Waals surface area contributed by atoms with Crippen LogP contribution in [0.1, 0.15) is 13.8 Å². The standard InChI is InChI=1S/C13H15N3O3S2/c1-13(2,21-16-18)10(11(17)19-3)15-12-14-8-6-4-5-7-9(8)20-12/h4-7,10H,1-3H3,(H,14,15)/t10-/m0/s1. The molecule has 1 aromatic carbocycles. The van der Waals surface area contributed by atoms with Crippen molar-refractivity contribution in [1.82, 2.24) is 4.98 Å². The molecule has 0 spiro atoms. The molecule has 0 aliphatic heterocycles. The van der Waals surface area contributed by atoms with Gasteiger partial charge in [-0.3, -0.25) is 0 Å². The van der Waals surface area contributed by atoms with Crippen LogP contribution in [0.4, 0.5) is 5.13 Å². The fourth-order valence-electron chi connectivity index (χ4n) is 1.84. The van der Waals surface area contributed by atoms with Gasteiger partial charge in [0.15, 0.2) is 5.13 Å². The number of thiazole rings is 1. The number of aromatic nitrogens is 1. The molecule has 2 aromatic rings. The SMILES string of the molecule is COC(=O)[C@H](Nc1nc2ccccc2s1)C(C)(C)SN=O. The Hall–Kier alpha value is -1.67. The van der Waals surface area contributed by atoms with E-state index in [0.717, 1.165) is 22.2 Å². The molecule has 21 heavy (non-hydrogen) atoms. The largest absolute Gasteiger partial charge is 0.467 e. The minimum atomic E-state index is -0.757. The molecule has 1 aromatic heterocycles. The molecule has 0 fully saturated rings. The number of hydrogen-bond acceptors (Lipinski definition) is 8. The van der Waals surface area contributed by atoms with Crippen LogP contribution in [0.3, 0.4) is 0 Å². The number of rotatable bonds is 6. The van der Waals surface area contributed by atoms with E-state index in [-0.39, 0.29) is 0 Å². The maximum atomic E-state index is 12.0. The molecule has 0 aliphatic carbocycles. The second-order valence-electron chi connectivity index (χ2n) is 4.86. The number of carbonyl (C=O) groups excluding carboxylic acids is 1. The molecule has 0 radical (unpaired) electrons.